The summed E-state index contributed by atoms with van der Waals surface area (Å²) >= 11 is 1.77. The number of aromatic nitrogens is 3. The summed E-state index contributed by atoms with van der Waals surface area (Å²) in [6.07, 6.45) is 0. The third-order valence-corrected chi connectivity index (χ3v) is 11.8. The Bertz CT molecular complexity index is 3190. The van der Waals surface area contributed by atoms with Crippen molar-refractivity contribution in [2.75, 3.05) is 4.90 Å². The number of furan rings is 1. The highest BCUT2D eigenvalue weighted by atomic mass is 32.1. The Kier molecular flexibility index (Phi) is 7.93. The smallest absolute Gasteiger partial charge is 0.165 e. The third kappa shape index (κ3) is 5.82. The molecule has 11 aromatic rings. The standard InChI is InChI=1S/C51H32N4OS/c1-4-14-34(15-5-1)49-52-50(54-51(53-49)43-23-12-21-40-39-20-10-11-25-46(39)57-48(40)43)42-22-13-24-44-47(42)41-31-28-35(32-45(41)56-44)33-26-29-38(30-27-33)55(36-16-6-2-7-17-36)37-18-8-3-9-19-37/h1-32H. The van der Waals surface area contributed by atoms with Gasteiger partial charge >= 0.3 is 0 Å². The molecule has 57 heavy (non-hydrogen) atoms. The number of benzene rings is 8. The predicted molar refractivity (Wildman–Crippen MR) is 236 cm³/mol. The molecule has 11 rings (SSSR count). The maximum atomic E-state index is 6.60. The highest BCUT2D eigenvalue weighted by molar-refractivity contribution is 7.26. The first-order valence-corrected chi connectivity index (χ1v) is 19.8. The van der Waals surface area contributed by atoms with Crippen molar-refractivity contribution in [2.24, 2.45) is 0 Å². The Labute approximate surface area is 332 Å². The van der Waals surface area contributed by atoms with E-state index >= 15 is 0 Å². The van der Waals surface area contributed by atoms with Crippen LogP contribution in [0.4, 0.5) is 17.1 Å². The van der Waals surface area contributed by atoms with Gasteiger partial charge in [0.2, 0.25) is 0 Å². The Morgan fingerprint density at radius 3 is 1.72 bits per heavy atom. The van der Waals surface area contributed by atoms with E-state index in [-0.39, 0.29) is 0 Å². The number of fused-ring (bicyclic) bond motifs is 6. The van der Waals surface area contributed by atoms with Crippen LogP contribution in [0.5, 0.6) is 0 Å². The summed E-state index contributed by atoms with van der Waals surface area (Å²) in [5.74, 6) is 1.87. The summed E-state index contributed by atoms with van der Waals surface area (Å²) in [5, 5.41) is 4.43. The van der Waals surface area contributed by atoms with Crippen molar-refractivity contribution in [3.8, 4) is 45.3 Å². The molecule has 0 N–H and O–H groups in total. The predicted octanol–water partition coefficient (Wildman–Crippen LogP) is 14.3. The van der Waals surface area contributed by atoms with Crippen molar-refractivity contribution in [1.82, 2.24) is 15.0 Å². The minimum atomic E-state index is 0.603. The van der Waals surface area contributed by atoms with E-state index in [2.05, 4.69) is 144 Å². The van der Waals surface area contributed by atoms with Crippen molar-refractivity contribution >= 4 is 70.5 Å². The van der Waals surface area contributed by atoms with Gasteiger partial charge in [-0.05, 0) is 77.9 Å². The van der Waals surface area contributed by atoms with E-state index in [9.17, 15) is 0 Å². The molecule has 0 saturated carbocycles. The fourth-order valence-electron chi connectivity index (χ4n) is 7.85. The van der Waals surface area contributed by atoms with Gasteiger partial charge in [0, 0.05) is 64.7 Å². The molecule has 3 aromatic heterocycles. The Balaban J connectivity index is 1.02. The minimum Gasteiger partial charge on any atom is -0.456 e. The summed E-state index contributed by atoms with van der Waals surface area (Å²) in [4.78, 5) is 17.7. The van der Waals surface area contributed by atoms with Crippen LogP contribution < -0.4 is 4.90 Å². The number of anilines is 3. The minimum absolute atomic E-state index is 0.603. The lowest BCUT2D eigenvalue weighted by Gasteiger charge is -2.25. The van der Waals surface area contributed by atoms with E-state index in [4.69, 9.17) is 19.4 Å². The number of hydrogen-bond acceptors (Lipinski definition) is 6. The SMILES string of the molecule is c1ccc(-c2nc(-c3cccc4c3sc3ccccc34)nc(-c3cccc4oc5cc(-c6ccc(N(c7ccccc7)c7ccccc7)cc6)ccc5c34)n2)cc1. The van der Waals surface area contributed by atoms with Crippen LogP contribution in [0, 0.1) is 0 Å². The summed E-state index contributed by atoms with van der Waals surface area (Å²) in [6.45, 7) is 0. The zero-order chi connectivity index (χ0) is 37.7. The molecule has 0 unspecified atom stereocenters. The second-order valence-corrected chi connectivity index (χ2v) is 15.1. The highest BCUT2D eigenvalue weighted by Crippen LogP contribution is 2.42. The van der Waals surface area contributed by atoms with E-state index in [0.717, 1.165) is 71.5 Å². The molecule has 6 heteroatoms. The molecule has 0 bridgehead atoms. The molecule has 0 fully saturated rings. The summed E-state index contributed by atoms with van der Waals surface area (Å²) in [6, 6.07) is 67.3. The van der Waals surface area contributed by atoms with E-state index in [0.29, 0.717) is 17.5 Å². The van der Waals surface area contributed by atoms with Crippen LogP contribution in [0.3, 0.4) is 0 Å². The molecule has 268 valence electrons. The second-order valence-electron chi connectivity index (χ2n) is 14.0. The van der Waals surface area contributed by atoms with Gasteiger partial charge in [0.25, 0.3) is 0 Å². The normalized spacial score (nSPS) is 11.5. The molecule has 8 aromatic carbocycles. The molecule has 3 heterocycles. The lowest BCUT2D eigenvalue weighted by Crippen LogP contribution is -2.09. The Morgan fingerprint density at radius 1 is 0.386 bits per heavy atom. The second kappa shape index (κ2) is 13.7. The average molecular weight is 749 g/mol. The average Bonchev–Trinajstić information content (AvgIpc) is 3.86. The molecule has 0 aliphatic heterocycles. The van der Waals surface area contributed by atoms with Crippen LogP contribution in [0.2, 0.25) is 0 Å². The summed E-state index contributed by atoms with van der Waals surface area (Å²) < 4.78 is 9.00. The maximum Gasteiger partial charge on any atom is 0.165 e. The molecule has 0 atom stereocenters. The van der Waals surface area contributed by atoms with Crippen molar-refractivity contribution in [3.63, 3.8) is 0 Å². The largest absolute Gasteiger partial charge is 0.456 e. The van der Waals surface area contributed by atoms with Gasteiger partial charge in [-0.25, -0.2) is 15.0 Å². The van der Waals surface area contributed by atoms with Gasteiger partial charge in [0.05, 0.1) is 0 Å². The van der Waals surface area contributed by atoms with Crippen LogP contribution in [-0.4, -0.2) is 15.0 Å². The molecular formula is C51H32N4OS. The number of nitrogens with zero attached hydrogens (tertiary/aromatic N) is 4. The van der Waals surface area contributed by atoms with Gasteiger partial charge in [0.1, 0.15) is 11.2 Å². The molecule has 0 aliphatic rings. The zero-order valence-electron chi connectivity index (χ0n) is 30.6. The maximum absolute atomic E-state index is 6.60. The van der Waals surface area contributed by atoms with Gasteiger partial charge in [0.15, 0.2) is 17.5 Å². The number of thiophene rings is 1. The molecule has 0 aliphatic carbocycles. The third-order valence-electron chi connectivity index (χ3n) is 10.5. The molecule has 0 saturated heterocycles. The van der Waals surface area contributed by atoms with E-state index in [1.807, 2.05) is 54.6 Å². The monoisotopic (exact) mass is 748 g/mol. The Morgan fingerprint density at radius 2 is 0.965 bits per heavy atom. The molecule has 0 spiro atoms. The molecular weight excluding hydrogens is 717 g/mol. The van der Waals surface area contributed by atoms with Crippen molar-refractivity contribution in [3.05, 3.63) is 194 Å². The van der Waals surface area contributed by atoms with Crippen LogP contribution >= 0.6 is 11.3 Å². The highest BCUT2D eigenvalue weighted by Gasteiger charge is 2.20. The summed E-state index contributed by atoms with van der Waals surface area (Å²) in [7, 11) is 0. The summed E-state index contributed by atoms with van der Waals surface area (Å²) in [5.41, 5.74) is 9.89. The van der Waals surface area contributed by atoms with Crippen LogP contribution in [0.25, 0.3) is 87.4 Å². The number of hydrogen-bond donors (Lipinski definition) is 0. The van der Waals surface area contributed by atoms with E-state index in [1.54, 1.807) is 11.3 Å². The molecule has 5 nitrogen and oxygen atoms in total. The molecule has 0 radical (unpaired) electrons. The van der Waals surface area contributed by atoms with Crippen molar-refractivity contribution < 1.29 is 4.42 Å². The van der Waals surface area contributed by atoms with Gasteiger partial charge in [-0.1, -0.05) is 127 Å². The quantitative estimate of drug-likeness (QED) is 0.162. The first-order chi connectivity index (χ1) is 28.2. The van der Waals surface area contributed by atoms with Crippen LogP contribution in [0.15, 0.2) is 199 Å². The van der Waals surface area contributed by atoms with Gasteiger partial charge in [-0.3, -0.25) is 0 Å². The van der Waals surface area contributed by atoms with Gasteiger partial charge in [-0.15, -0.1) is 11.3 Å². The van der Waals surface area contributed by atoms with Crippen molar-refractivity contribution in [1.29, 1.82) is 0 Å². The number of rotatable bonds is 7. The first-order valence-electron chi connectivity index (χ1n) is 18.9. The van der Waals surface area contributed by atoms with Gasteiger partial charge in [-0.2, -0.15) is 0 Å². The van der Waals surface area contributed by atoms with E-state index in [1.165, 1.54) is 15.5 Å². The fraction of sp³-hybridized carbons (Fsp3) is 0. The Hall–Kier alpha value is -7.41. The van der Waals surface area contributed by atoms with Crippen molar-refractivity contribution in [2.45, 2.75) is 0 Å². The van der Waals surface area contributed by atoms with Crippen LogP contribution in [-0.2, 0) is 0 Å². The lowest BCUT2D eigenvalue weighted by atomic mass is 10.0. The molecule has 0 amide bonds. The van der Waals surface area contributed by atoms with Gasteiger partial charge < -0.3 is 9.32 Å². The fourth-order valence-corrected chi connectivity index (χ4v) is 9.06. The van der Waals surface area contributed by atoms with Crippen LogP contribution in [0.1, 0.15) is 0 Å². The van der Waals surface area contributed by atoms with E-state index < -0.39 is 0 Å². The lowest BCUT2D eigenvalue weighted by molar-refractivity contribution is 0.669. The topological polar surface area (TPSA) is 55.1 Å². The number of para-hydroxylation sites is 2. The first kappa shape index (κ1) is 33.0. The zero-order valence-corrected chi connectivity index (χ0v) is 31.4.